The molecule has 0 aromatic heterocycles. The van der Waals surface area contributed by atoms with E-state index in [0.717, 1.165) is 4.31 Å². The van der Waals surface area contributed by atoms with Gasteiger partial charge in [0.05, 0.1) is 11.2 Å². The van der Waals surface area contributed by atoms with Crippen molar-refractivity contribution in [1.29, 1.82) is 0 Å². The van der Waals surface area contributed by atoms with Crippen LogP contribution in [0.4, 0.5) is 0 Å². The van der Waals surface area contributed by atoms with Crippen LogP contribution < -0.4 is 5.73 Å². The minimum absolute atomic E-state index is 0.0938. The summed E-state index contributed by atoms with van der Waals surface area (Å²) >= 11 is 0. The summed E-state index contributed by atoms with van der Waals surface area (Å²) < 4.78 is 24.1. The maximum atomic E-state index is 11.7. The van der Waals surface area contributed by atoms with Gasteiger partial charge in [-0.2, -0.15) is 0 Å². The first kappa shape index (κ1) is 11.5. The molecule has 0 unspecified atom stereocenters. The largest absolute Gasteiger partial charge is 0.330 e. The smallest absolute Gasteiger partial charge is 0.242 e. The van der Waals surface area contributed by atoms with E-state index in [1.165, 1.54) is 0 Å². The summed E-state index contributed by atoms with van der Waals surface area (Å²) in [5.74, 6) is -0.408. The molecular weight excluding hydrogens is 204 g/mol. The highest BCUT2D eigenvalue weighted by molar-refractivity contribution is 7.90. The Bertz CT molecular complexity index is 334. The second-order valence-electron chi connectivity index (χ2n) is 4.16. The first-order valence-corrected chi connectivity index (χ1v) is 6.17. The molecule has 0 aliphatic carbocycles. The van der Waals surface area contributed by atoms with E-state index in [-0.39, 0.29) is 18.2 Å². The van der Waals surface area contributed by atoms with Crippen molar-refractivity contribution in [2.75, 3.05) is 18.8 Å². The standard InChI is InChI=1S/C8H16N2O3S/c1-8(2)6-14(12,13)10(7(8)11)5-3-4-9/h3-6,9H2,1-2H3. The molecule has 5 nitrogen and oxygen atoms in total. The zero-order chi connectivity index (χ0) is 11.0. The molecule has 82 valence electrons. The maximum absolute atomic E-state index is 11.7. The molecule has 6 heteroatoms. The summed E-state index contributed by atoms with van der Waals surface area (Å²) in [4.78, 5) is 11.7. The zero-order valence-electron chi connectivity index (χ0n) is 8.49. The molecule has 0 saturated carbocycles. The highest BCUT2D eigenvalue weighted by Gasteiger charge is 2.48. The number of carbonyl (C=O) groups excluding carboxylic acids is 1. The van der Waals surface area contributed by atoms with Crippen LogP contribution in [-0.2, 0) is 14.8 Å². The third-order valence-corrected chi connectivity index (χ3v) is 4.36. The van der Waals surface area contributed by atoms with Gasteiger partial charge in [-0.1, -0.05) is 0 Å². The van der Waals surface area contributed by atoms with Gasteiger partial charge in [-0.3, -0.25) is 4.79 Å². The lowest BCUT2D eigenvalue weighted by Gasteiger charge is -2.16. The van der Waals surface area contributed by atoms with Gasteiger partial charge in [0.15, 0.2) is 0 Å². The van der Waals surface area contributed by atoms with Crippen molar-refractivity contribution in [3.8, 4) is 0 Å². The van der Waals surface area contributed by atoms with Gasteiger partial charge in [0, 0.05) is 6.54 Å². The molecule has 2 N–H and O–H groups in total. The third kappa shape index (κ3) is 1.90. The molecule has 0 aromatic rings. The normalized spacial score (nSPS) is 24.2. The van der Waals surface area contributed by atoms with Gasteiger partial charge in [0.2, 0.25) is 15.9 Å². The van der Waals surface area contributed by atoms with E-state index >= 15 is 0 Å². The van der Waals surface area contributed by atoms with Crippen molar-refractivity contribution < 1.29 is 13.2 Å². The monoisotopic (exact) mass is 220 g/mol. The summed E-state index contributed by atoms with van der Waals surface area (Å²) in [7, 11) is -3.39. The van der Waals surface area contributed by atoms with Crippen LogP contribution in [0.1, 0.15) is 20.3 Å². The fourth-order valence-corrected chi connectivity index (χ4v) is 3.63. The molecule has 0 atom stereocenters. The molecular formula is C8H16N2O3S. The van der Waals surface area contributed by atoms with Crippen LogP contribution in [0.15, 0.2) is 0 Å². The van der Waals surface area contributed by atoms with Crippen molar-refractivity contribution >= 4 is 15.9 Å². The van der Waals surface area contributed by atoms with E-state index in [9.17, 15) is 13.2 Å². The highest BCUT2D eigenvalue weighted by atomic mass is 32.2. The van der Waals surface area contributed by atoms with Crippen LogP contribution in [0.25, 0.3) is 0 Å². The lowest BCUT2D eigenvalue weighted by Crippen LogP contribution is -2.34. The molecule has 1 rings (SSSR count). The number of rotatable bonds is 3. The van der Waals surface area contributed by atoms with E-state index in [1.807, 2.05) is 0 Å². The van der Waals surface area contributed by atoms with Crippen molar-refractivity contribution in [3.05, 3.63) is 0 Å². The molecule has 0 spiro atoms. The van der Waals surface area contributed by atoms with Crippen LogP contribution >= 0.6 is 0 Å². The Kier molecular flexibility index (Phi) is 2.87. The van der Waals surface area contributed by atoms with Crippen molar-refractivity contribution in [1.82, 2.24) is 4.31 Å². The van der Waals surface area contributed by atoms with Gasteiger partial charge in [-0.25, -0.2) is 12.7 Å². The Labute approximate surface area is 84.3 Å². The first-order chi connectivity index (χ1) is 6.31. The molecule has 1 aliphatic heterocycles. The number of sulfonamides is 1. The SMILES string of the molecule is CC1(C)CS(=O)(=O)N(CCCN)C1=O. The lowest BCUT2D eigenvalue weighted by atomic mass is 9.95. The summed E-state index contributed by atoms with van der Waals surface area (Å²) in [6, 6.07) is 0. The topological polar surface area (TPSA) is 80.5 Å². The quantitative estimate of drug-likeness (QED) is 0.697. The number of hydrogen-bond acceptors (Lipinski definition) is 4. The average molecular weight is 220 g/mol. The number of amides is 1. The number of hydrogen-bond donors (Lipinski definition) is 1. The predicted molar refractivity (Wildman–Crippen MR) is 53.0 cm³/mol. The van der Waals surface area contributed by atoms with Gasteiger partial charge in [0.25, 0.3) is 0 Å². The Morgan fingerprint density at radius 2 is 2.07 bits per heavy atom. The Balaban J connectivity index is 2.89. The minimum atomic E-state index is -3.39. The van der Waals surface area contributed by atoms with Gasteiger partial charge in [-0.15, -0.1) is 0 Å². The summed E-state index contributed by atoms with van der Waals surface area (Å²) in [5, 5.41) is 0. The molecule has 0 aromatic carbocycles. The second-order valence-corrected chi connectivity index (χ2v) is 6.05. The van der Waals surface area contributed by atoms with Gasteiger partial charge >= 0.3 is 0 Å². The Morgan fingerprint density at radius 3 is 2.43 bits per heavy atom. The van der Waals surface area contributed by atoms with E-state index in [2.05, 4.69) is 0 Å². The second kappa shape index (κ2) is 3.51. The minimum Gasteiger partial charge on any atom is -0.330 e. The molecule has 14 heavy (non-hydrogen) atoms. The van der Waals surface area contributed by atoms with Gasteiger partial charge in [0.1, 0.15) is 0 Å². The molecule has 1 fully saturated rings. The third-order valence-electron chi connectivity index (χ3n) is 2.25. The Hall–Kier alpha value is -0.620. The van der Waals surface area contributed by atoms with Crippen LogP contribution in [0, 0.1) is 5.41 Å². The number of carbonyl (C=O) groups is 1. The van der Waals surface area contributed by atoms with Gasteiger partial charge < -0.3 is 5.73 Å². The van der Waals surface area contributed by atoms with E-state index in [1.54, 1.807) is 13.8 Å². The summed E-state index contributed by atoms with van der Waals surface area (Å²) in [6.07, 6.45) is 0.515. The maximum Gasteiger partial charge on any atom is 0.242 e. The number of nitrogens with zero attached hydrogens (tertiary/aromatic N) is 1. The van der Waals surface area contributed by atoms with Crippen LogP contribution in [0.3, 0.4) is 0 Å². The fourth-order valence-electron chi connectivity index (χ4n) is 1.54. The molecule has 1 saturated heterocycles. The lowest BCUT2D eigenvalue weighted by molar-refractivity contribution is -0.132. The molecule has 0 bridgehead atoms. The molecule has 0 radical (unpaired) electrons. The molecule has 1 heterocycles. The summed E-state index contributed by atoms with van der Waals surface area (Å²) in [5.41, 5.74) is 4.49. The van der Waals surface area contributed by atoms with Gasteiger partial charge in [-0.05, 0) is 26.8 Å². The Morgan fingerprint density at radius 1 is 1.50 bits per heavy atom. The fraction of sp³-hybridized carbons (Fsp3) is 0.875. The van der Waals surface area contributed by atoms with Crippen LogP contribution in [0.2, 0.25) is 0 Å². The highest BCUT2D eigenvalue weighted by Crippen LogP contribution is 2.31. The van der Waals surface area contributed by atoms with Crippen molar-refractivity contribution in [2.24, 2.45) is 11.1 Å². The van der Waals surface area contributed by atoms with Crippen LogP contribution in [0.5, 0.6) is 0 Å². The zero-order valence-corrected chi connectivity index (χ0v) is 9.30. The predicted octanol–water partition coefficient (Wildman–Crippen LogP) is -0.467. The van der Waals surface area contributed by atoms with Crippen LogP contribution in [-0.4, -0.2) is 37.5 Å². The van der Waals surface area contributed by atoms with E-state index in [4.69, 9.17) is 5.73 Å². The molecule has 1 amide bonds. The van der Waals surface area contributed by atoms with E-state index in [0.29, 0.717) is 13.0 Å². The summed E-state index contributed by atoms with van der Waals surface area (Å²) in [6.45, 7) is 3.89. The number of nitrogens with two attached hydrogens (primary N) is 1. The first-order valence-electron chi connectivity index (χ1n) is 4.56. The van der Waals surface area contributed by atoms with E-state index < -0.39 is 15.4 Å². The van der Waals surface area contributed by atoms with Crippen molar-refractivity contribution in [2.45, 2.75) is 20.3 Å². The molecule has 1 aliphatic rings. The average Bonchev–Trinajstić information content (AvgIpc) is 2.16. The van der Waals surface area contributed by atoms with Crippen molar-refractivity contribution in [3.63, 3.8) is 0 Å².